The van der Waals surface area contributed by atoms with Crippen molar-refractivity contribution in [2.75, 3.05) is 12.3 Å². The van der Waals surface area contributed by atoms with E-state index in [1.54, 1.807) is 0 Å². The zero-order chi connectivity index (χ0) is 14.0. The first-order valence-electron chi connectivity index (χ1n) is 6.74. The largest absolute Gasteiger partial charge is 0.313 e. The van der Waals surface area contributed by atoms with Crippen molar-refractivity contribution in [1.29, 1.82) is 0 Å². The molecule has 108 valence electrons. The van der Waals surface area contributed by atoms with Crippen LogP contribution >= 0.6 is 0 Å². The lowest BCUT2D eigenvalue weighted by molar-refractivity contribution is 0.269. The van der Waals surface area contributed by atoms with E-state index < -0.39 is 15.6 Å². The van der Waals surface area contributed by atoms with Gasteiger partial charge in [-0.15, -0.1) is 0 Å². The normalized spacial score (nSPS) is 18.1. The van der Waals surface area contributed by atoms with Gasteiger partial charge in [-0.05, 0) is 38.5 Å². The van der Waals surface area contributed by atoms with Crippen LogP contribution in [0.2, 0.25) is 0 Å². The molecule has 4 nitrogen and oxygen atoms in total. The van der Waals surface area contributed by atoms with E-state index in [1.165, 1.54) is 12.8 Å². The monoisotopic (exact) mass is 276 g/mol. The van der Waals surface area contributed by atoms with Crippen LogP contribution in [0.4, 0.5) is 0 Å². The van der Waals surface area contributed by atoms with Crippen molar-refractivity contribution >= 4 is 10.0 Å². The minimum Gasteiger partial charge on any atom is -0.313 e. The quantitative estimate of drug-likeness (QED) is 0.746. The van der Waals surface area contributed by atoms with Gasteiger partial charge < -0.3 is 5.32 Å². The molecule has 0 aromatic carbocycles. The van der Waals surface area contributed by atoms with Gasteiger partial charge in [-0.25, -0.2) is 13.1 Å². The first-order chi connectivity index (χ1) is 7.99. The van der Waals surface area contributed by atoms with Crippen LogP contribution in [0, 0.1) is 5.41 Å². The van der Waals surface area contributed by atoms with Crippen LogP contribution in [0.5, 0.6) is 0 Å². The third-order valence-electron chi connectivity index (χ3n) is 2.79. The average molecular weight is 276 g/mol. The molecule has 1 saturated carbocycles. The highest BCUT2D eigenvalue weighted by Crippen LogP contribution is 2.27. The fourth-order valence-corrected chi connectivity index (χ4v) is 3.92. The van der Waals surface area contributed by atoms with E-state index in [1.807, 2.05) is 13.8 Å². The Bertz CT molecular complexity index is 365. The fraction of sp³-hybridized carbons (Fsp3) is 1.00. The van der Waals surface area contributed by atoms with Crippen LogP contribution < -0.4 is 10.0 Å². The van der Waals surface area contributed by atoms with E-state index in [0.29, 0.717) is 12.6 Å². The Balaban J connectivity index is 2.41. The Labute approximate surface area is 112 Å². The number of nitrogens with one attached hydrogen (secondary N) is 2. The molecule has 1 rings (SSSR count). The SMILES string of the molecule is CC(C)(C)CC(C)(C)NS(=O)(=O)CCNC1CC1. The van der Waals surface area contributed by atoms with Crippen LogP contribution in [0.3, 0.4) is 0 Å². The Morgan fingerprint density at radius 2 is 1.67 bits per heavy atom. The molecule has 0 heterocycles. The number of rotatable bonds is 7. The van der Waals surface area contributed by atoms with Gasteiger partial charge in [-0.1, -0.05) is 20.8 Å². The molecule has 0 saturated heterocycles. The predicted molar refractivity (Wildman–Crippen MR) is 76.1 cm³/mol. The van der Waals surface area contributed by atoms with Gasteiger partial charge >= 0.3 is 0 Å². The van der Waals surface area contributed by atoms with Crippen molar-refractivity contribution in [3.05, 3.63) is 0 Å². The van der Waals surface area contributed by atoms with E-state index in [0.717, 1.165) is 6.42 Å². The maximum atomic E-state index is 12.0. The summed E-state index contributed by atoms with van der Waals surface area (Å²) in [7, 11) is -3.19. The lowest BCUT2D eigenvalue weighted by atomic mass is 9.82. The van der Waals surface area contributed by atoms with Crippen LogP contribution in [-0.4, -0.2) is 32.3 Å². The minimum absolute atomic E-state index is 0.109. The molecule has 1 aliphatic rings. The minimum atomic E-state index is -3.19. The van der Waals surface area contributed by atoms with Gasteiger partial charge in [-0.3, -0.25) is 0 Å². The van der Waals surface area contributed by atoms with Crippen molar-refractivity contribution in [2.45, 2.75) is 65.5 Å². The molecule has 1 fully saturated rings. The lowest BCUT2D eigenvalue weighted by Gasteiger charge is -2.33. The molecule has 0 aromatic rings. The van der Waals surface area contributed by atoms with Crippen molar-refractivity contribution < 1.29 is 8.42 Å². The second-order valence-electron chi connectivity index (χ2n) is 7.27. The summed E-state index contributed by atoms with van der Waals surface area (Å²) in [4.78, 5) is 0. The van der Waals surface area contributed by atoms with Crippen molar-refractivity contribution in [3.63, 3.8) is 0 Å². The fourth-order valence-electron chi connectivity index (χ4n) is 2.52. The van der Waals surface area contributed by atoms with Gasteiger partial charge in [0.05, 0.1) is 5.75 Å². The second kappa shape index (κ2) is 5.47. The smallest absolute Gasteiger partial charge is 0.213 e. The summed E-state index contributed by atoms with van der Waals surface area (Å²) >= 11 is 0. The molecular weight excluding hydrogens is 248 g/mol. The highest BCUT2D eigenvalue weighted by Gasteiger charge is 2.30. The lowest BCUT2D eigenvalue weighted by Crippen LogP contribution is -2.47. The Kier molecular flexibility index (Phi) is 4.84. The Morgan fingerprint density at radius 3 is 2.11 bits per heavy atom. The first kappa shape index (κ1) is 15.9. The standard InChI is InChI=1S/C13H28N2O2S/c1-12(2,3)10-13(4,5)15-18(16,17)9-8-14-11-6-7-11/h11,14-15H,6-10H2,1-5H3. The molecule has 18 heavy (non-hydrogen) atoms. The molecular formula is C13H28N2O2S. The second-order valence-corrected chi connectivity index (χ2v) is 9.11. The van der Waals surface area contributed by atoms with Gasteiger partial charge in [-0.2, -0.15) is 0 Å². The number of hydrogen-bond acceptors (Lipinski definition) is 3. The third-order valence-corrected chi connectivity index (χ3v) is 4.39. The van der Waals surface area contributed by atoms with E-state index in [2.05, 4.69) is 30.8 Å². The van der Waals surface area contributed by atoms with Gasteiger partial charge in [0.15, 0.2) is 0 Å². The van der Waals surface area contributed by atoms with Crippen LogP contribution in [0.15, 0.2) is 0 Å². The summed E-state index contributed by atoms with van der Waals surface area (Å²) in [6.45, 7) is 10.8. The summed E-state index contributed by atoms with van der Waals surface area (Å²) in [5, 5.41) is 3.23. The highest BCUT2D eigenvalue weighted by atomic mass is 32.2. The maximum absolute atomic E-state index is 12.0. The maximum Gasteiger partial charge on any atom is 0.213 e. The van der Waals surface area contributed by atoms with Crippen molar-refractivity contribution in [2.24, 2.45) is 5.41 Å². The summed E-state index contributed by atoms with van der Waals surface area (Å²) in [5.74, 6) is 0.164. The molecule has 0 bridgehead atoms. The Hall–Kier alpha value is -0.130. The molecule has 0 atom stereocenters. The van der Waals surface area contributed by atoms with Gasteiger partial charge in [0.25, 0.3) is 0 Å². The van der Waals surface area contributed by atoms with Crippen LogP contribution in [-0.2, 0) is 10.0 Å². The molecule has 0 unspecified atom stereocenters. The van der Waals surface area contributed by atoms with Crippen LogP contribution in [0.25, 0.3) is 0 Å². The zero-order valence-electron chi connectivity index (χ0n) is 12.3. The van der Waals surface area contributed by atoms with Crippen molar-refractivity contribution in [1.82, 2.24) is 10.0 Å². The Morgan fingerprint density at radius 1 is 1.11 bits per heavy atom. The summed E-state index contributed by atoms with van der Waals surface area (Å²) in [6, 6.07) is 0.558. The number of sulfonamides is 1. The molecule has 1 aliphatic carbocycles. The van der Waals surface area contributed by atoms with E-state index in [9.17, 15) is 8.42 Å². The molecule has 0 aliphatic heterocycles. The predicted octanol–water partition coefficient (Wildman–Crippen LogP) is 1.87. The molecule has 0 spiro atoms. The van der Waals surface area contributed by atoms with E-state index >= 15 is 0 Å². The third kappa shape index (κ3) is 7.34. The van der Waals surface area contributed by atoms with E-state index in [4.69, 9.17) is 0 Å². The van der Waals surface area contributed by atoms with Gasteiger partial charge in [0, 0.05) is 18.1 Å². The summed E-state index contributed by atoms with van der Waals surface area (Å²) in [5.41, 5.74) is -0.283. The molecule has 0 aromatic heterocycles. The summed E-state index contributed by atoms with van der Waals surface area (Å²) in [6.07, 6.45) is 3.18. The van der Waals surface area contributed by atoms with Gasteiger partial charge in [0.2, 0.25) is 10.0 Å². The first-order valence-corrected chi connectivity index (χ1v) is 8.39. The zero-order valence-corrected chi connectivity index (χ0v) is 13.2. The molecule has 5 heteroatoms. The van der Waals surface area contributed by atoms with Crippen molar-refractivity contribution in [3.8, 4) is 0 Å². The van der Waals surface area contributed by atoms with Gasteiger partial charge in [0.1, 0.15) is 0 Å². The van der Waals surface area contributed by atoms with Crippen LogP contribution in [0.1, 0.15) is 53.9 Å². The van der Waals surface area contributed by atoms with E-state index in [-0.39, 0.29) is 11.2 Å². The summed E-state index contributed by atoms with van der Waals surface area (Å²) < 4.78 is 26.8. The highest BCUT2D eigenvalue weighted by molar-refractivity contribution is 7.89. The molecule has 2 N–H and O–H groups in total. The molecule has 0 amide bonds. The topological polar surface area (TPSA) is 58.2 Å². The molecule has 0 radical (unpaired) electrons. The average Bonchev–Trinajstić information content (AvgIpc) is 2.79. The number of hydrogen-bond donors (Lipinski definition) is 2.